The zero-order valence-corrected chi connectivity index (χ0v) is 15.5. The summed E-state index contributed by atoms with van der Waals surface area (Å²) in [6.45, 7) is 1.81. The van der Waals surface area contributed by atoms with Crippen molar-refractivity contribution in [3.8, 4) is 11.3 Å². The van der Waals surface area contributed by atoms with Gasteiger partial charge >= 0.3 is 6.18 Å². The van der Waals surface area contributed by atoms with Crippen molar-refractivity contribution in [3.05, 3.63) is 53.5 Å². The smallest absolute Gasteiger partial charge is 0.367 e. The SMILES string of the molecule is Cc1ccc(F)c(-c2nc3cccc(C(F)(F)F)n3c2NC2CCCCC2)c1. The van der Waals surface area contributed by atoms with Crippen LogP contribution in [-0.4, -0.2) is 15.4 Å². The quantitative estimate of drug-likeness (QED) is 0.538. The minimum atomic E-state index is -4.55. The third-order valence-corrected chi connectivity index (χ3v) is 5.26. The molecule has 2 aromatic heterocycles. The lowest BCUT2D eigenvalue weighted by molar-refractivity contribution is -0.141. The Morgan fingerprint density at radius 3 is 2.54 bits per heavy atom. The Morgan fingerprint density at radius 2 is 1.82 bits per heavy atom. The number of fused-ring (bicyclic) bond motifs is 1. The standard InChI is InChI=1S/C21H21F4N3/c1-13-10-11-16(22)15(12-13)19-20(26-14-6-3-2-4-7-14)28-17(21(23,24)25)8-5-9-18(28)27-19/h5,8-12,14,26H,2-4,6-7H2,1H3. The summed E-state index contributed by atoms with van der Waals surface area (Å²) in [6, 6.07) is 8.48. The number of alkyl halides is 3. The summed E-state index contributed by atoms with van der Waals surface area (Å²) in [5.74, 6) is -0.298. The van der Waals surface area contributed by atoms with Crippen molar-refractivity contribution in [2.24, 2.45) is 0 Å². The molecule has 0 saturated heterocycles. The first-order chi connectivity index (χ1) is 13.3. The monoisotopic (exact) mass is 391 g/mol. The summed E-state index contributed by atoms with van der Waals surface area (Å²) in [4.78, 5) is 4.38. The maximum absolute atomic E-state index is 14.6. The largest absolute Gasteiger partial charge is 0.431 e. The highest BCUT2D eigenvalue weighted by Crippen LogP contribution is 2.38. The molecule has 3 aromatic rings. The van der Waals surface area contributed by atoms with E-state index in [0.717, 1.165) is 48.1 Å². The van der Waals surface area contributed by atoms with Crippen LogP contribution in [0.15, 0.2) is 36.4 Å². The van der Waals surface area contributed by atoms with Gasteiger partial charge in [0.1, 0.15) is 28.7 Å². The number of halogens is 4. The molecule has 28 heavy (non-hydrogen) atoms. The summed E-state index contributed by atoms with van der Waals surface area (Å²) < 4.78 is 56.7. The molecule has 4 rings (SSSR count). The van der Waals surface area contributed by atoms with Crippen molar-refractivity contribution < 1.29 is 17.6 Å². The zero-order chi connectivity index (χ0) is 19.9. The van der Waals surface area contributed by atoms with Crippen LogP contribution in [-0.2, 0) is 6.18 Å². The van der Waals surface area contributed by atoms with E-state index >= 15 is 0 Å². The molecule has 2 heterocycles. The van der Waals surface area contributed by atoms with E-state index in [1.54, 1.807) is 12.1 Å². The number of benzene rings is 1. The van der Waals surface area contributed by atoms with Gasteiger partial charge in [-0.1, -0.05) is 37.0 Å². The van der Waals surface area contributed by atoms with Crippen LogP contribution in [0.3, 0.4) is 0 Å². The number of rotatable bonds is 3. The van der Waals surface area contributed by atoms with E-state index in [1.807, 2.05) is 6.92 Å². The van der Waals surface area contributed by atoms with E-state index in [-0.39, 0.29) is 28.8 Å². The number of hydrogen-bond donors (Lipinski definition) is 1. The second-order valence-corrected chi connectivity index (χ2v) is 7.37. The van der Waals surface area contributed by atoms with E-state index in [4.69, 9.17) is 0 Å². The summed E-state index contributed by atoms with van der Waals surface area (Å²) in [5, 5.41) is 3.26. The molecule has 0 bridgehead atoms. The molecule has 1 N–H and O–H groups in total. The van der Waals surface area contributed by atoms with Crippen molar-refractivity contribution in [1.82, 2.24) is 9.38 Å². The Labute approximate surface area is 160 Å². The topological polar surface area (TPSA) is 29.3 Å². The summed E-state index contributed by atoms with van der Waals surface area (Å²) in [6.07, 6.45) is 0.363. The normalized spacial score (nSPS) is 15.9. The lowest BCUT2D eigenvalue weighted by Gasteiger charge is -2.25. The van der Waals surface area contributed by atoms with Crippen molar-refractivity contribution in [2.45, 2.75) is 51.2 Å². The Balaban J connectivity index is 1.95. The number of aryl methyl sites for hydroxylation is 1. The first-order valence-corrected chi connectivity index (χ1v) is 9.46. The minimum Gasteiger partial charge on any atom is -0.367 e. The van der Waals surface area contributed by atoms with E-state index in [9.17, 15) is 17.6 Å². The average molecular weight is 391 g/mol. The van der Waals surface area contributed by atoms with Crippen LogP contribution in [0.2, 0.25) is 0 Å². The lowest BCUT2D eigenvalue weighted by Crippen LogP contribution is -2.24. The number of hydrogen-bond acceptors (Lipinski definition) is 2. The molecule has 0 spiro atoms. The molecular weight excluding hydrogens is 370 g/mol. The molecule has 1 saturated carbocycles. The average Bonchev–Trinajstić information content (AvgIpc) is 3.02. The number of aromatic nitrogens is 2. The van der Waals surface area contributed by atoms with Gasteiger partial charge < -0.3 is 5.32 Å². The number of nitrogens with one attached hydrogen (secondary N) is 1. The Kier molecular flexibility index (Phi) is 4.77. The molecular formula is C21H21F4N3. The molecule has 0 aliphatic heterocycles. The van der Waals surface area contributed by atoms with Gasteiger partial charge in [0, 0.05) is 11.6 Å². The van der Waals surface area contributed by atoms with Crippen molar-refractivity contribution in [2.75, 3.05) is 5.32 Å². The molecule has 1 aliphatic rings. The van der Waals surface area contributed by atoms with Crippen LogP contribution in [0.4, 0.5) is 23.4 Å². The van der Waals surface area contributed by atoms with E-state index in [1.165, 1.54) is 18.2 Å². The van der Waals surface area contributed by atoms with Crippen LogP contribution < -0.4 is 5.32 Å². The van der Waals surface area contributed by atoms with Gasteiger partial charge in [0.15, 0.2) is 0 Å². The Morgan fingerprint density at radius 1 is 1.07 bits per heavy atom. The van der Waals surface area contributed by atoms with Crippen molar-refractivity contribution >= 4 is 11.5 Å². The number of anilines is 1. The highest BCUT2D eigenvalue weighted by atomic mass is 19.4. The molecule has 148 valence electrons. The molecule has 1 aliphatic carbocycles. The van der Waals surface area contributed by atoms with Gasteiger partial charge in [-0.3, -0.25) is 4.40 Å². The zero-order valence-electron chi connectivity index (χ0n) is 15.5. The maximum Gasteiger partial charge on any atom is 0.431 e. The van der Waals surface area contributed by atoms with E-state index in [0.29, 0.717) is 0 Å². The van der Waals surface area contributed by atoms with Gasteiger partial charge in [0.25, 0.3) is 0 Å². The van der Waals surface area contributed by atoms with Crippen LogP contribution in [0.25, 0.3) is 16.9 Å². The van der Waals surface area contributed by atoms with Crippen LogP contribution in [0.5, 0.6) is 0 Å². The molecule has 7 heteroatoms. The third-order valence-electron chi connectivity index (χ3n) is 5.26. The molecule has 1 aromatic carbocycles. The van der Waals surface area contributed by atoms with Gasteiger partial charge in [0.05, 0.1) is 0 Å². The number of pyridine rings is 1. The highest BCUT2D eigenvalue weighted by Gasteiger charge is 2.35. The third kappa shape index (κ3) is 3.45. The van der Waals surface area contributed by atoms with E-state index in [2.05, 4.69) is 10.3 Å². The summed E-state index contributed by atoms with van der Waals surface area (Å²) >= 11 is 0. The molecule has 0 atom stereocenters. The molecule has 0 amide bonds. The first-order valence-electron chi connectivity index (χ1n) is 9.46. The fourth-order valence-corrected chi connectivity index (χ4v) is 3.90. The second kappa shape index (κ2) is 7.11. The van der Waals surface area contributed by atoms with Gasteiger partial charge in [-0.25, -0.2) is 9.37 Å². The molecule has 0 unspecified atom stereocenters. The van der Waals surface area contributed by atoms with Gasteiger partial charge in [0.2, 0.25) is 0 Å². The predicted molar refractivity (Wildman–Crippen MR) is 101 cm³/mol. The van der Waals surface area contributed by atoms with Gasteiger partial charge in [-0.2, -0.15) is 13.2 Å². The van der Waals surface area contributed by atoms with Crippen molar-refractivity contribution in [3.63, 3.8) is 0 Å². The second-order valence-electron chi connectivity index (χ2n) is 7.37. The minimum absolute atomic E-state index is 0.0431. The number of nitrogens with zero attached hydrogens (tertiary/aromatic N) is 2. The van der Waals surface area contributed by atoms with Crippen LogP contribution in [0, 0.1) is 12.7 Å². The van der Waals surface area contributed by atoms with Crippen LogP contribution >= 0.6 is 0 Å². The Hall–Kier alpha value is -2.57. The van der Waals surface area contributed by atoms with E-state index < -0.39 is 17.7 Å². The fourth-order valence-electron chi connectivity index (χ4n) is 3.90. The summed E-state index contributed by atoms with van der Waals surface area (Å²) in [7, 11) is 0. The van der Waals surface area contributed by atoms with Crippen LogP contribution in [0.1, 0.15) is 43.4 Å². The predicted octanol–water partition coefficient (Wildman–Crippen LogP) is 6.21. The number of imidazole rings is 1. The maximum atomic E-state index is 14.6. The van der Waals surface area contributed by atoms with Gasteiger partial charge in [-0.15, -0.1) is 0 Å². The Bertz CT molecular complexity index is 1000. The highest BCUT2D eigenvalue weighted by molar-refractivity contribution is 5.78. The summed E-state index contributed by atoms with van der Waals surface area (Å²) in [5.41, 5.74) is 0.547. The molecule has 0 radical (unpaired) electrons. The molecule has 3 nitrogen and oxygen atoms in total. The lowest BCUT2D eigenvalue weighted by atomic mass is 9.95. The van der Waals surface area contributed by atoms with Crippen molar-refractivity contribution in [1.29, 1.82) is 0 Å². The first kappa shape index (κ1) is 18.8. The molecule has 1 fully saturated rings. The fraction of sp³-hybridized carbons (Fsp3) is 0.381. The van der Waals surface area contributed by atoms with Gasteiger partial charge in [-0.05, 0) is 44.0 Å².